The fourth-order valence-corrected chi connectivity index (χ4v) is 2.16. The van der Waals surface area contributed by atoms with E-state index >= 15 is 0 Å². The summed E-state index contributed by atoms with van der Waals surface area (Å²) in [5.41, 5.74) is 2.63. The first-order valence-corrected chi connectivity index (χ1v) is 6.36. The molecule has 0 atom stereocenters. The SMILES string of the molecule is CCc1ccc(/C=N/NC(=O)c2cc(C)on2)s1. The van der Waals surface area contributed by atoms with Crippen LogP contribution in [0.15, 0.2) is 27.8 Å². The molecular weight excluding hydrogens is 250 g/mol. The van der Waals surface area contributed by atoms with Gasteiger partial charge in [-0.3, -0.25) is 4.79 Å². The van der Waals surface area contributed by atoms with Gasteiger partial charge in [0.05, 0.1) is 6.21 Å². The Labute approximate surface area is 108 Å². The van der Waals surface area contributed by atoms with Crippen LogP contribution in [0, 0.1) is 6.92 Å². The third-order valence-electron chi connectivity index (χ3n) is 2.25. The zero-order valence-electron chi connectivity index (χ0n) is 10.1. The Hall–Kier alpha value is -1.95. The van der Waals surface area contributed by atoms with Gasteiger partial charge in [-0.2, -0.15) is 5.10 Å². The standard InChI is InChI=1S/C12H13N3O2S/c1-3-9-4-5-10(18-9)7-13-14-12(16)11-6-8(2)17-15-11/h4-7H,3H2,1-2H3,(H,14,16)/b13-7+. The second-order valence-corrected chi connectivity index (χ2v) is 4.88. The van der Waals surface area contributed by atoms with E-state index in [1.165, 1.54) is 4.88 Å². The molecule has 18 heavy (non-hydrogen) atoms. The number of thiophene rings is 1. The number of aryl methyl sites for hydroxylation is 2. The van der Waals surface area contributed by atoms with Crippen LogP contribution >= 0.6 is 11.3 Å². The van der Waals surface area contributed by atoms with Crippen LogP contribution in [0.1, 0.15) is 32.9 Å². The normalized spacial score (nSPS) is 11.0. The third-order valence-corrected chi connectivity index (χ3v) is 3.41. The molecular formula is C12H13N3O2S. The van der Waals surface area contributed by atoms with Crippen molar-refractivity contribution in [3.63, 3.8) is 0 Å². The molecule has 0 unspecified atom stereocenters. The highest BCUT2D eigenvalue weighted by molar-refractivity contribution is 7.13. The molecule has 0 bridgehead atoms. The van der Waals surface area contributed by atoms with Crippen LogP contribution in [0.2, 0.25) is 0 Å². The molecule has 0 fully saturated rings. The molecule has 0 radical (unpaired) electrons. The molecule has 94 valence electrons. The van der Waals surface area contributed by atoms with Crippen molar-refractivity contribution in [3.8, 4) is 0 Å². The summed E-state index contributed by atoms with van der Waals surface area (Å²) >= 11 is 1.65. The lowest BCUT2D eigenvalue weighted by Gasteiger charge is -1.92. The molecule has 5 nitrogen and oxygen atoms in total. The highest BCUT2D eigenvalue weighted by atomic mass is 32.1. The average Bonchev–Trinajstić information content (AvgIpc) is 2.98. The van der Waals surface area contributed by atoms with Crippen LogP contribution in [0.25, 0.3) is 0 Å². The number of carbonyl (C=O) groups excluding carboxylic acids is 1. The maximum atomic E-state index is 11.6. The van der Waals surface area contributed by atoms with Crippen LogP contribution in [0.5, 0.6) is 0 Å². The van der Waals surface area contributed by atoms with Gasteiger partial charge in [0.2, 0.25) is 0 Å². The van der Waals surface area contributed by atoms with Gasteiger partial charge in [0.1, 0.15) is 5.76 Å². The summed E-state index contributed by atoms with van der Waals surface area (Å²) < 4.78 is 4.81. The molecule has 6 heteroatoms. The van der Waals surface area contributed by atoms with Crippen LogP contribution in [-0.4, -0.2) is 17.3 Å². The Balaban J connectivity index is 1.93. The molecule has 0 saturated carbocycles. The Morgan fingerprint density at radius 3 is 3.06 bits per heavy atom. The molecule has 0 aromatic carbocycles. The first kappa shape index (κ1) is 12.5. The van der Waals surface area contributed by atoms with Gasteiger partial charge in [-0.05, 0) is 25.5 Å². The van der Waals surface area contributed by atoms with Crippen LogP contribution < -0.4 is 5.43 Å². The fourth-order valence-electron chi connectivity index (χ4n) is 1.34. The van der Waals surface area contributed by atoms with E-state index in [0.717, 1.165) is 11.3 Å². The molecule has 2 rings (SSSR count). The summed E-state index contributed by atoms with van der Waals surface area (Å²) in [6.45, 7) is 3.83. The number of hydrazone groups is 1. The molecule has 1 N–H and O–H groups in total. The molecule has 2 aromatic heterocycles. The number of hydrogen-bond acceptors (Lipinski definition) is 5. The number of nitrogens with one attached hydrogen (secondary N) is 1. The first-order valence-electron chi connectivity index (χ1n) is 5.54. The number of carbonyl (C=O) groups is 1. The smallest absolute Gasteiger partial charge is 0.293 e. The van der Waals surface area contributed by atoms with Crippen molar-refractivity contribution in [1.82, 2.24) is 10.6 Å². The Bertz CT molecular complexity index is 571. The highest BCUT2D eigenvalue weighted by Crippen LogP contribution is 2.14. The van der Waals surface area contributed by atoms with E-state index in [1.54, 1.807) is 30.5 Å². The zero-order chi connectivity index (χ0) is 13.0. The predicted molar refractivity (Wildman–Crippen MR) is 70.0 cm³/mol. The van der Waals surface area contributed by atoms with E-state index in [0.29, 0.717) is 5.76 Å². The van der Waals surface area contributed by atoms with Crippen LogP contribution in [0.3, 0.4) is 0 Å². The maximum absolute atomic E-state index is 11.6. The number of rotatable bonds is 4. The predicted octanol–water partition coefficient (Wildman–Crippen LogP) is 2.37. The number of amides is 1. The Morgan fingerprint density at radius 1 is 1.61 bits per heavy atom. The van der Waals surface area contributed by atoms with E-state index in [-0.39, 0.29) is 11.6 Å². The van der Waals surface area contributed by atoms with Crippen molar-refractivity contribution in [3.05, 3.63) is 39.4 Å². The van der Waals surface area contributed by atoms with Gasteiger partial charge in [0, 0.05) is 15.8 Å². The van der Waals surface area contributed by atoms with Gasteiger partial charge in [0.25, 0.3) is 5.91 Å². The minimum atomic E-state index is -0.379. The summed E-state index contributed by atoms with van der Waals surface area (Å²) in [6.07, 6.45) is 2.62. The molecule has 1 amide bonds. The highest BCUT2D eigenvalue weighted by Gasteiger charge is 2.09. The van der Waals surface area contributed by atoms with Crippen molar-refractivity contribution in [2.45, 2.75) is 20.3 Å². The van der Waals surface area contributed by atoms with Gasteiger partial charge in [0.15, 0.2) is 5.69 Å². The number of aromatic nitrogens is 1. The third kappa shape index (κ3) is 3.04. The molecule has 0 aliphatic carbocycles. The van der Waals surface area contributed by atoms with Crippen molar-refractivity contribution in [2.75, 3.05) is 0 Å². The second kappa shape index (κ2) is 5.59. The second-order valence-electron chi connectivity index (χ2n) is 3.68. The largest absolute Gasteiger partial charge is 0.361 e. The van der Waals surface area contributed by atoms with Crippen LogP contribution in [0.4, 0.5) is 0 Å². The van der Waals surface area contributed by atoms with Gasteiger partial charge >= 0.3 is 0 Å². The fraction of sp³-hybridized carbons (Fsp3) is 0.250. The summed E-state index contributed by atoms with van der Waals surface area (Å²) in [6, 6.07) is 5.58. The zero-order valence-corrected chi connectivity index (χ0v) is 11.0. The molecule has 2 heterocycles. The maximum Gasteiger partial charge on any atom is 0.293 e. The van der Waals surface area contributed by atoms with Crippen molar-refractivity contribution >= 4 is 23.5 Å². The minimum absolute atomic E-state index is 0.227. The summed E-state index contributed by atoms with van der Waals surface area (Å²) in [4.78, 5) is 13.9. The summed E-state index contributed by atoms with van der Waals surface area (Å²) in [5, 5.41) is 7.48. The Kier molecular flexibility index (Phi) is 3.88. The van der Waals surface area contributed by atoms with Crippen molar-refractivity contribution < 1.29 is 9.32 Å². The van der Waals surface area contributed by atoms with E-state index in [1.807, 2.05) is 6.07 Å². The summed E-state index contributed by atoms with van der Waals surface area (Å²) in [5.74, 6) is 0.213. The molecule has 0 aliphatic heterocycles. The van der Waals surface area contributed by atoms with Crippen molar-refractivity contribution in [1.29, 1.82) is 0 Å². The Morgan fingerprint density at radius 2 is 2.44 bits per heavy atom. The van der Waals surface area contributed by atoms with E-state index in [4.69, 9.17) is 4.52 Å². The lowest BCUT2D eigenvalue weighted by Crippen LogP contribution is -2.17. The lowest BCUT2D eigenvalue weighted by atomic mass is 10.4. The first-order chi connectivity index (χ1) is 8.69. The molecule has 0 spiro atoms. The summed E-state index contributed by atoms with van der Waals surface area (Å²) in [7, 11) is 0. The molecule has 0 saturated heterocycles. The monoisotopic (exact) mass is 263 g/mol. The quantitative estimate of drug-likeness (QED) is 0.680. The van der Waals surface area contributed by atoms with E-state index in [2.05, 4.69) is 28.7 Å². The molecule has 2 aromatic rings. The molecule has 0 aliphatic rings. The van der Waals surface area contributed by atoms with E-state index < -0.39 is 0 Å². The average molecular weight is 263 g/mol. The van der Waals surface area contributed by atoms with Gasteiger partial charge in [-0.15, -0.1) is 11.3 Å². The topological polar surface area (TPSA) is 67.5 Å². The minimum Gasteiger partial charge on any atom is -0.361 e. The van der Waals surface area contributed by atoms with Gasteiger partial charge < -0.3 is 4.52 Å². The van der Waals surface area contributed by atoms with E-state index in [9.17, 15) is 4.79 Å². The number of hydrogen-bond donors (Lipinski definition) is 1. The number of nitrogens with zero attached hydrogens (tertiary/aromatic N) is 2. The van der Waals surface area contributed by atoms with Crippen molar-refractivity contribution in [2.24, 2.45) is 5.10 Å². The van der Waals surface area contributed by atoms with Gasteiger partial charge in [-0.1, -0.05) is 12.1 Å². The lowest BCUT2D eigenvalue weighted by molar-refractivity contribution is 0.0946. The van der Waals surface area contributed by atoms with Crippen LogP contribution in [-0.2, 0) is 6.42 Å². The van der Waals surface area contributed by atoms with Gasteiger partial charge in [-0.25, -0.2) is 5.43 Å².